The third-order valence-corrected chi connectivity index (χ3v) is 4.17. The Morgan fingerprint density at radius 1 is 1.09 bits per heavy atom. The lowest BCUT2D eigenvalue weighted by Gasteiger charge is -2.11. The monoisotopic (exact) mass is 380 g/mol. The van der Waals surface area contributed by atoms with E-state index in [1.54, 1.807) is 17.9 Å². The Morgan fingerprint density at radius 3 is 2.52 bits per heavy atom. The zero-order valence-corrected chi connectivity index (χ0v) is 14.8. The lowest BCUT2D eigenvalue weighted by Crippen LogP contribution is -2.40. The van der Waals surface area contributed by atoms with Crippen LogP contribution in [0.4, 0.5) is 0 Å². The lowest BCUT2D eigenvalue weighted by molar-refractivity contribution is 0.191. The van der Waals surface area contributed by atoms with E-state index in [-0.39, 0.29) is 11.2 Å². The fraction of sp³-hybridized carbons (Fsp3) is 0.412. The SMILES string of the molecule is COCCCCCn1c(=O)c(Br)cn(Cc2ccccc2)c1=O. The third kappa shape index (κ3) is 4.91. The maximum Gasteiger partial charge on any atom is 0.331 e. The molecule has 0 aliphatic rings. The van der Waals surface area contributed by atoms with Crippen LogP contribution in [0.5, 0.6) is 0 Å². The van der Waals surface area contributed by atoms with Gasteiger partial charge in [-0.3, -0.25) is 13.9 Å². The van der Waals surface area contributed by atoms with Crippen LogP contribution in [0.3, 0.4) is 0 Å². The summed E-state index contributed by atoms with van der Waals surface area (Å²) in [7, 11) is 1.67. The van der Waals surface area contributed by atoms with Crippen molar-refractivity contribution in [2.75, 3.05) is 13.7 Å². The Kier molecular flexibility index (Phi) is 6.80. The van der Waals surface area contributed by atoms with Gasteiger partial charge in [0.25, 0.3) is 5.56 Å². The van der Waals surface area contributed by atoms with Crippen LogP contribution in [0.2, 0.25) is 0 Å². The van der Waals surface area contributed by atoms with Crippen molar-refractivity contribution in [2.45, 2.75) is 32.4 Å². The van der Waals surface area contributed by atoms with Crippen molar-refractivity contribution in [1.82, 2.24) is 9.13 Å². The van der Waals surface area contributed by atoms with Gasteiger partial charge in [0.2, 0.25) is 0 Å². The van der Waals surface area contributed by atoms with E-state index in [2.05, 4.69) is 15.9 Å². The quantitative estimate of drug-likeness (QED) is 0.661. The van der Waals surface area contributed by atoms with Crippen LogP contribution in [0.25, 0.3) is 0 Å². The summed E-state index contributed by atoms with van der Waals surface area (Å²) in [5.74, 6) is 0. The predicted octanol–water partition coefficient (Wildman–Crippen LogP) is 2.64. The first-order valence-corrected chi connectivity index (χ1v) is 8.45. The van der Waals surface area contributed by atoms with Crippen LogP contribution in [0.1, 0.15) is 24.8 Å². The standard InChI is InChI=1S/C17H21BrN2O3/c1-23-11-7-3-6-10-20-16(21)15(18)13-19(17(20)22)12-14-8-4-2-5-9-14/h2,4-5,8-9,13H,3,6-7,10-12H2,1H3. The van der Waals surface area contributed by atoms with Crippen LogP contribution in [-0.4, -0.2) is 22.9 Å². The molecule has 2 rings (SSSR count). The van der Waals surface area contributed by atoms with E-state index in [4.69, 9.17) is 4.74 Å². The average Bonchev–Trinajstić information content (AvgIpc) is 2.56. The average molecular weight is 381 g/mol. The number of hydrogen-bond donors (Lipinski definition) is 0. The van der Waals surface area contributed by atoms with Crippen LogP contribution >= 0.6 is 15.9 Å². The first-order chi connectivity index (χ1) is 11.1. The molecule has 0 saturated carbocycles. The molecule has 0 fully saturated rings. The highest BCUT2D eigenvalue weighted by Gasteiger charge is 2.10. The highest BCUT2D eigenvalue weighted by molar-refractivity contribution is 9.10. The second-order valence-electron chi connectivity index (χ2n) is 5.38. The van der Waals surface area contributed by atoms with E-state index in [1.165, 1.54) is 4.57 Å². The van der Waals surface area contributed by atoms with E-state index in [9.17, 15) is 9.59 Å². The molecule has 2 aromatic rings. The molecule has 0 radical (unpaired) electrons. The predicted molar refractivity (Wildman–Crippen MR) is 93.9 cm³/mol. The Bertz CT molecular complexity index is 738. The maximum absolute atomic E-state index is 12.5. The minimum atomic E-state index is -0.272. The highest BCUT2D eigenvalue weighted by atomic mass is 79.9. The zero-order valence-electron chi connectivity index (χ0n) is 13.2. The largest absolute Gasteiger partial charge is 0.385 e. The van der Waals surface area contributed by atoms with Gasteiger partial charge in [-0.1, -0.05) is 30.3 Å². The molecule has 6 heteroatoms. The summed E-state index contributed by atoms with van der Waals surface area (Å²) in [6.07, 6.45) is 4.20. The molecule has 0 unspecified atom stereocenters. The number of aromatic nitrogens is 2. The Morgan fingerprint density at radius 2 is 1.83 bits per heavy atom. The summed E-state index contributed by atoms with van der Waals surface area (Å²) >= 11 is 3.27. The van der Waals surface area contributed by atoms with Gasteiger partial charge in [0.05, 0.1) is 11.0 Å². The number of ether oxygens (including phenoxy) is 1. The molecule has 23 heavy (non-hydrogen) atoms. The maximum atomic E-state index is 12.5. The number of halogens is 1. The van der Waals surface area contributed by atoms with Crippen molar-refractivity contribution in [3.8, 4) is 0 Å². The van der Waals surface area contributed by atoms with Crippen molar-refractivity contribution in [2.24, 2.45) is 0 Å². The smallest absolute Gasteiger partial charge is 0.331 e. The van der Waals surface area contributed by atoms with E-state index in [0.717, 1.165) is 24.8 Å². The minimum absolute atomic E-state index is 0.270. The van der Waals surface area contributed by atoms with Crippen LogP contribution in [-0.2, 0) is 17.8 Å². The van der Waals surface area contributed by atoms with E-state index in [1.807, 2.05) is 30.3 Å². The van der Waals surface area contributed by atoms with Crippen LogP contribution in [0, 0.1) is 0 Å². The lowest BCUT2D eigenvalue weighted by atomic mass is 10.2. The van der Waals surface area contributed by atoms with Crippen molar-refractivity contribution < 1.29 is 4.74 Å². The molecule has 1 aromatic carbocycles. The molecular weight excluding hydrogens is 360 g/mol. The number of unbranched alkanes of at least 4 members (excludes halogenated alkanes) is 2. The molecule has 1 heterocycles. The molecule has 5 nitrogen and oxygen atoms in total. The molecule has 0 saturated heterocycles. The zero-order chi connectivity index (χ0) is 16.7. The molecule has 124 valence electrons. The second-order valence-corrected chi connectivity index (χ2v) is 6.24. The molecule has 0 spiro atoms. The number of methoxy groups -OCH3 is 1. The normalized spacial score (nSPS) is 10.9. The summed E-state index contributed by atoms with van der Waals surface area (Å²) in [6.45, 7) is 1.57. The van der Waals surface area contributed by atoms with Gasteiger partial charge in [0, 0.05) is 26.5 Å². The van der Waals surface area contributed by atoms with Crippen molar-refractivity contribution in [3.05, 3.63) is 67.4 Å². The summed E-state index contributed by atoms with van der Waals surface area (Å²) in [5.41, 5.74) is 0.478. The van der Waals surface area contributed by atoms with E-state index < -0.39 is 0 Å². The summed E-state index contributed by atoms with van der Waals surface area (Å²) in [4.78, 5) is 24.7. The van der Waals surface area contributed by atoms with Gasteiger partial charge in [0.15, 0.2) is 0 Å². The van der Waals surface area contributed by atoms with Crippen molar-refractivity contribution in [3.63, 3.8) is 0 Å². The van der Waals surface area contributed by atoms with Crippen molar-refractivity contribution >= 4 is 15.9 Å². The topological polar surface area (TPSA) is 53.2 Å². The Hall–Kier alpha value is -1.66. The molecule has 1 aromatic heterocycles. The molecule has 0 aliphatic carbocycles. The van der Waals surface area contributed by atoms with Gasteiger partial charge in [0.1, 0.15) is 0 Å². The fourth-order valence-electron chi connectivity index (χ4n) is 2.40. The summed E-state index contributed by atoms with van der Waals surface area (Å²) in [5, 5.41) is 0. The molecule has 0 bridgehead atoms. The second kappa shape index (κ2) is 8.84. The molecule has 0 amide bonds. The molecule has 0 N–H and O–H groups in total. The number of hydrogen-bond acceptors (Lipinski definition) is 3. The minimum Gasteiger partial charge on any atom is -0.385 e. The number of nitrogens with zero attached hydrogens (tertiary/aromatic N) is 2. The fourth-order valence-corrected chi connectivity index (χ4v) is 2.86. The van der Waals surface area contributed by atoms with E-state index >= 15 is 0 Å². The van der Waals surface area contributed by atoms with Gasteiger partial charge in [-0.05, 0) is 40.8 Å². The third-order valence-electron chi connectivity index (χ3n) is 3.62. The van der Waals surface area contributed by atoms with Crippen LogP contribution in [0.15, 0.2) is 50.6 Å². The Labute approximate surface area is 143 Å². The van der Waals surface area contributed by atoms with Gasteiger partial charge < -0.3 is 4.74 Å². The number of benzene rings is 1. The molecule has 0 aliphatic heterocycles. The molecular formula is C17H21BrN2O3. The van der Waals surface area contributed by atoms with Gasteiger partial charge >= 0.3 is 5.69 Å². The van der Waals surface area contributed by atoms with Crippen LogP contribution < -0.4 is 11.2 Å². The van der Waals surface area contributed by atoms with Gasteiger partial charge in [-0.25, -0.2) is 4.79 Å². The van der Waals surface area contributed by atoms with Crippen molar-refractivity contribution in [1.29, 1.82) is 0 Å². The van der Waals surface area contributed by atoms with E-state index in [0.29, 0.717) is 24.2 Å². The Balaban J connectivity index is 2.18. The highest BCUT2D eigenvalue weighted by Crippen LogP contribution is 2.05. The van der Waals surface area contributed by atoms with Gasteiger partial charge in [-0.2, -0.15) is 0 Å². The first kappa shape index (κ1) is 17.7. The molecule has 0 atom stereocenters. The summed E-state index contributed by atoms with van der Waals surface area (Å²) < 4.78 is 8.28. The van der Waals surface area contributed by atoms with Gasteiger partial charge in [-0.15, -0.1) is 0 Å². The first-order valence-electron chi connectivity index (χ1n) is 7.66. The number of rotatable bonds is 8. The summed E-state index contributed by atoms with van der Waals surface area (Å²) in [6, 6.07) is 9.71.